The van der Waals surface area contributed by atoms with Crippen LogP contribution < -0.4 is 0 Å². The summed E-state index contributed by atoms with van der Waals surface area (Å²) in [4.78, 5) is 0. The van der Waals surface area contributed by atoms with Gasteiger partial charge in [-0.2, -0.15) is 5.26 Å². The number of ether oxygens (including phenoxy) is 1. The van der Waals surface area contributed by atoms with Crippen LogP contribution in [0, 0.1) is 11.3 Å². The van der Waals surface area contributed by atoms with Crippen molar-refractivity contribution in [3.8, 4) is 6.07 Å². The summed E-state index contributed by atoms with van der Waals surface area (Å²) in [6.45, 7) is 0.664. The van der Waals surface area contributed by atoms with Gasteiger partial charge >= 0.3 is 0 Å². The van der Waals surface area contributed by atoms with Crippen LogP contribution in [0.15, 0.2) is 24.3 Å². The smallest absolute Gasteiger partial charge is 0.156 e. The molecular weight excluding hydrogens is 250 g/mol. The number of hydrogen-bond donors (Lipinski definition) is 0. The van der Waals surface area contributed by atoms with Crippen LogP contribution in [0.5, 0.6) is 0 Å². The van der Waals surface area contributed by atoms with Gasteiger partial charge in [0.2, 0.25) is 0 Å². The highest BCUT2D eigenvalue weighted by molar-refractivity contribution is 7.90. The maximum absolute atomic E-state index is 12.0. The molecule has 1 unspecified atom stereocenters. The summed E-state index contributed by atoms with van der Waals surface area (Å²) in [5.74, 6) is 0.103. The fourth-order valence-electron chi connectivity index (χ4n) is 2.05. The topological polar surface area (TPSA) is 67.2 Å². The summed E-state index contributed by atoms with van der Waals surface area (Å²) in [6.07, 6.45) is 1.62. The molecule has 4 nitrogen and oxygen atoms in total. The van der Waals surface area contributed by atoms with E-state index in [0.717, 1.165) is 12.8 Å². The van der Waals surface area contributed by atoms with E-state index in [1.165, 1.54) is 0 Å². The predicted octanol–water partition coefficient (Wildman–Crippen LogP) is 1.65. The van der Waals surface area contributed by atoms with Gasteiger partial charge < -0.3 is 4.74 Å². The van der Waals surface area contributed by atoms with Crippen molar-refractivity contribution in [3.63, 3.8) is 0 Å². The molecular formula is C13H15NO3S. The van der Waals surface area contributed by atoms with Gasteiger partial charge in [0.15, 0.2) is 9.84 Å². The predicted molar refractivity (Wildman–Crippen MR) is 67.6 cm³/mol. The third kappa shape index (κ3) is 3.56. The van der Waals surface area contributed by atoms with Crippen molar-refractivity contribution >= 4 is 9.84 Å². The third-order valence-electron chi connectivity index (χ3n) is 2.93. The highest BCUT2D eigenvalue weighted by Crippen LogP contribution is 2.16. The van der Waals surface area contributed by atoms with E-state index in [9.17, 15) is 8.42 Å². The molecule has 2 rings (SSSR count). The van der Waals surface area contributed by atoms with Crippen molar-refractivity contribution in [2.75, 3.05) is 12.4 Å². The average Bonchev–Trinajstić information content (AvgIpc) is 2.81. The van der Waals surface area contributed by atoms with E-state index in [4.69, 9.17) is 10.00 Å². The Hall–Kier alpha value is -1.38. The van der Waals surface area contributed by atoms with E-state index in [0.29, 0.717) is 17.7 Å². The molecule has 1 atom stereocenters. The highest BCUT2D eigenvalue weighted by atomic mass is 32.2. The van der Waals surface area contributed by atoms with Gasteiger partial charge in [0, 0.05) is 6.61 Å². The van der Waals surface area contributed by atoms with Crippen molar-refractivity contribution < 1.29 is 13.2 Å². The minimum atomic E-state index is -3.15. The zero-order valence-corrected chi connectivity index (χ0v) is 10.8. The van der Waals surface area contributed by atoms with E-state index in [-0.39, 0.29) is 17.6 Å². The molecule has 0 bridgehead atoms. The summed E-state index contributed by atoms with van der Waals surface area (Å²) in [7, 11) is -3.15. The summed E-state index contributed by atoms with van der Waals surface area (Å²) in [5.41, 5.74) is 1.25. The largest absolute Gasteiger partial charge is 0.377 e. The van der Waals surface area contributed by atoms with Crippen molar-refractivity contribution in [2.45, 2.75) is 24.7 Å². The SMILES string of the molecule is N#Cc1ccc(CS(=O)(=O)CC2CCCO2)cc1. The lowest BCUT2D eigenvalue weighted by Gasteiger charge is -2.10. The highest BCUT2D eigenvalue weighted by Gasteiger charge is 2.23. The van der Waals surface area contributed by atoms with E-state index < -0.39 is 9.84 Å². The maximum Gasteiger partial charge on any atom is 0.156 e. The monoisotopic (exact) mass is 265 g/mol. The second-order valence-corrected chi connectivity index (χ2v) is 6.61. The minimum absolute atomic E-state index is 0.0125. The molecule has 1 aromatic carbocycles. The summed E-state index contributed by atoms with van der Waals surface area (Å²) < 4.78 is 29.3. The van der Waals surface area contributed by atoms with Gasteiger partial charge in [-0.05, 0) is 30.5 Å². The van der Waals surface area contributed by atoms with Crippen LogP contribution in [0.2, 0.25) is 0 Å². The van der Waals surface area contributed by atoms with E-state index in [2.05, 4.69) is 0 Å². The molecule has 0 radical (unpaired) electrons. The molecule has 1 saturated heterocycles. The molecule has 0 spiro atoms. The first-order chi connectivity index (χ1) is 8.59. The van der Waals surface area contributed by atoms with Gasteiger partial charge in [-0.1, -0.05) is 12.1 Å². The van der Waals surface area contributed by atoms with Crippen molar-refractivity contribution in [1.82, 2.24) is 0 Å². The van der Waals surface area contributed by atoms with Gasteiger partial charge in [-0.15, -0.1) is 0 Å². The van der Waals surface area contributed by atoms with Gasteiger partial charge in [-0.3, -0.25) is 0 Å². The Morgan fingerprint density at radius 3 is 2.61 bits per heavy atom. The Balaban J connectivity index is 2.00. The molecule has 1 heterocycles. The minimum Gasteiger partial charge on any atom is -0.377 e. The Morgan fingerprint density at radius 1 is 1.33 bits per heavy atom. The molecule has 0 aromatic heterocycles. The summed E-state index contributed by atoms with van der Waals surface area (Å²) >= 11 is 0. The fourth-order valence-corrected chi connectivity index (χ4v) is 3.69. The Bertz CT molecular complexity index is 537. The average molecular weight is 265 g/mol. The number of sulfone groups is 1. The lowest BCUT2D eigenvalue weighted by atomic mass is 10.2. The van der Waals surface area contributed by atoms with Crippen molar-refractivity contribution in [2.24, 2.45) is 0 Å². The quantitative estimate of drug-likeness (QED) is 0.830. The van der Waals surface area contributed by atoms with Gasteiger partial charge in [0.25, 0.3) is 0 Å². The van der Waals surface area contributed by atoms with Crippen LogP contribution in [0.3, 0.4) is 0 Å². The molecule has 0 amide bonds. The van der Waals surface area contributed by atoms with Crippen LogP contribution in [0.1, 0.15) is 24.0 Å². The molecule has 18 heavy (non-hydrogen) atoms. The van der Waals surface area contributed by atoms with Gasteiger partial charge in [0.1, 0.15) is 0 Å². The Kier molecular flexibility index (Phi) is 4.00. The van der Waals surface area contributed by atoms with Gasteiger partial charge in [0.05, 0.1) is 29.2 Å². The van der Waals surface area contributed by atoms with Crippen molar-refractivity contribution in [3.05, 3.63) is 35.4 Å². The lowest BCUT2D eigenvalue weighted by molar-refractivity contribution is 0.127. The molecule has 1 aliphatic heterocycles. The van der Waals surface area contributed by atoms with E-state index >= 15 is 0 Å². The molecule has 1 aromatic rings. The van der Waals surface area contributed by atoms with Crippen molar-refractivity contribution in [1.29, 1.82) is 5.26 Å². The molecule has 0 N–H and O–H groups in total. The normalized spacial score (nSPS) is 19.6. The lowest BCUT2D eigenvalue weighted by Crippen LogP contribution is -2.21. The maximum atomic E-state index is 12.0. The standard InChI is InChI=1S/C13H15NO3S/c14-8-11-3-5-12(6-4-11)9-18(15,16)10-13-2-1-7-17-13/h3-6,13H,1-2,7,9-10H2. The molecule has 0 aliphatic carbocycles. The van der Waals surface area contributed by atoms with Crippen LogP contribution in [0.4, 0.5) is 0 Å². The first-order valence-corrected chi connectivity index (χ1v) is 7.72. The number of rotatable bonds is 4. The number of hydrogen-bond acceptors (Lipinski definition) is 4. The zero-order chi connectivity index (χ0) is 13.0. The molecule has 1 aliphatic rings. The molecule has 0 saturated carbocycles. The molecule has 96 valence electrons. The third-order valence-corrected chi connectivity index (χ3v) is 4.59. The van der Waals surface area contributed by atoms with E-state index in [1.807, 2.05) is 6.07 Å². The second-order valence-electron chi connectivity index (χ2n) is 4.50. The number of benzene rings is 1. The number of nitrogens with zero attached hydrogens (tertiary/aromatic N) is 1. The zero-order valence-electron chi connectivity index (χ0n) is 10.0. The van der Waals surface area contributed by atoms with Crippen LogP contribution in [-0.4, -0.2) is 26.9 Å². The first kappa shape index (κ1) is 13.1. The molecule has 1 fully saturated rings. The van der Waals surface area contributed by atoms with Crippen LogP contribution in [0.25, 0.3) is 0 Å². The second kappa shape index (κ2) is 5.51. The van der Waals surface area contributed by atoms with Gasteiger partial charge in [-0.25, -0.2) is 8.42 Å². The summed E-state index contributed by atoms with van der Waals surface area (Å²) in [6, 6.07) is 8.65. The Labute approximate surface area is 107 Å². The number of nitriles is 1. The molecule has 5 heteroatoms. The van der Waals surface area contributed by atoms with Crippen LogP contribution in [-0.2, 0) is 20.3 Å². The first-order valence-electron chi connectivity index (χ1n) is 5.90. The Morgan fingerprint density at radius 2 is 2.06 bits per heavy atom. The fraction of sp³-hybridized carbons (Fsp3) is 0.462. The van der Waals surface area contributed by atoms with Crippen LogP contribution >= 0.6 is 0 Å². The summed E-state index contributed by atoms with van der Waals surface area (Å²) in [5, 5.41) is 8.67. The van der Waals surface area contributed by atoms with E-state index in [1.54, 1.807) is 24.3 Å².